The van der Waals surface area contributed by atoms with Crippen molar-refractivity contribution < 1.29 is 14.0 Å². The van der Waals surface area contributed by atoms with Gasteiger partial charge in [-0.15, -0.1) is 0 Å². The highest BCUT2D eigenvalue weighted by Crippen LogP contribution is 2.32. The molecule has 9 heteroatoms. The summed E-state index contributed by atoms with van der Waals surface area (Å²) < 4.78 is 16.8. The van der Waals surface area contributed by atoms with Gasteiger partial charge in [-0.05, 0) is 67.8 Å². The molecule has 8 nitrogen and oxygen atoms in total. The lowest BCUT2D eigenvalue weighted by Crippen LogP contribution is -2.22. The number of anilines is 2. The fourth-order valence-corrected chi connectivity index (χ4v) is 4.34. The van der Waals surface area contributed by atoms with E-state index in [1.54, 1.807) is 53.3 Å². The van der Waals surface area contributed by atoms with Gasteiger partial charge in [0.2, 0.25) is 0 Å². The molecule has 190 valence electrons. The summed E-state index contributed by atoms with van der Waals surface area (Å²) in [5.41, 5.74) is 4.45. The van der Waals surface area contributed by atoms with Crippen LogP contribution in [0.3, 0.4) is 0 Å². The molecule has 0 fully saturated rings. The van der Waals surface area contributed by atoms with E-state index in [2.05, 4.69) is 27.1 Å². The molecule has 0 bridgehead atoms. The lowest BCUT2D eigenvalue weighted by molar-refractivity contribution is 0.0965. The zero-order chi connectivity index (χ0) is 27.0. The Morgan fingerprint density at radius 1 is 1.03 bits per heavy atom. The van der Waals surface area contributed by atoms with Gasteiger partial charge in [0.1, 0.15) is 11.5 Å². The van der Waals surface area contributed by atoms with Crippen LogP contribution in [0.15, 0.2) is 66.9 Å². The molecule has 38 heavy (non-hydrogen) atoms. The molecule has 0 atom stereocenters. The molecule has 5 rings (SSSR count). The lowest BCUT2D eigenvalue weighted by atomic mass is 9.96. The second-order valence-corrected chi connectivity index (χ2v) is 9.99. The van der Waals surface area contributed by atoms with Crippen LogP contribution in [-0.4, -0.2) is 21.7 Å². The number of nitrogens with one attached hydrogen (secondary N) is 3. The van der Waals surface area contributed by atoms with Crippen LogP contribution in [0.25, 0.3) is 22.4 Å². The second-order valence-electron chi connectivity index (χ2n) is 9.99. The molecule has 0 radical (unpaired) electrons. The third-order valence-electron chi connectivity index (χ3n) is 6.29. The van der Waals surface area contributed by atoms with Crippen molar-refractivity contribution in [2.24, 2.45) is 0 Å². The molecule has 0 aliphatic carbocycles. The molecular weight excluding hydrogens is 483 g/mol. The SMILES string of the molecule is CC(C)(C)n1cc(NC(=O)Nc2ccc(-c3cccc4c3CNC4=O)cc2F)c(-c2cccc(C#N)c2)n1. The number of hydrogen-bond acceptors (Lipinski definition) is 4. The van der Waals surface area contributed by atoms with Crippen LogP contribution in [-0.2, 0) is 12.1 Å². The highest BCUT2D eigenvalue weighted by atomic mass is 19.1. The largest absolute Gasteiger partial charge is 0.348 e. The number of amides is 3. The van der Waals surface area contributed by atoms with Crippen molar-refractivity contribution in [2.45, 2.75) is 32.9 Å². The smallest absolute Gasteiger partial charge is 0.323 e. The molecule has 0 saturated carbocycles. The molecule has 3 amide bonds. The fourth-order valence-electron chi connectivity index (χ4n) is 4.34. The number of carbonyl (C=O) groups is 2. The van der Waals surface area contributed by atoms with Gasteiger partial charge in [-0.25, -0.2) is 9.18 Å². The van der Waals surface area contributed by atoms with E-state index >= 15 is 4.39 Å². The van der Waals surface area contributed by atoms with Crippen molar-refractivity contribution in [1.29, 1.82) is 5.26 Å². The highest BCUT2D eigenvalue weighted by molar-refractivity contribution is 6.02. The van der Waals surface area contributed by atoms with Crippen molar-refractivity contribution in [1.82, 2.24) is 15.1 Å². The first kappa shape index (κ1) is 24.7. The van der Waals surface area contributed by atoms with Crippen molar-refractivity contribution in [2.75, 3.05) is 10.6 Å². The van der Waals surface area contributed by atoms with Gasteiger partial charge < -0.3 is 16.0 Å². The number of benzene rings is 3. The van der Waals surface area contributed by atoms with E-state index in [0.29, 0.717) is 40.2 Å². The Hall–Kier alpha value is -4.97. The van der Waals surface area contributed by atoms with Crippen LogP contribution in [0.2, 0.25) is 0 Å². The molecule has 3 aromatic carbocycles. The number of nitrogens with zero attached hydrogens (tertiary/aromatic N) is 3. The molecule has 1 aliphatic rings. The van der Waals surface area contributed by atoms with Gasteiger partial charge in [0, 0.05) is 23.9 Å². The maximum atomic E-state index is 15.1. The molecule has 0 saturated heterocycles. The number of carbonyl (C=O) groups excluding carboxylic acids is 2. The topological polar surface area (TPSA) is 112 Å². The summed E-state index contributed by atoms with van der Waals surface area (Å²) >= 11 is 0. The number of aromatic nitrogens is 2. The van der Waals surface area contributed by atoms with Gasteiger partial charge in [-0.2, -0.15) is 10.4 Å². The van der Waals surface area contributed by atoms with Crippen molar-refractivity contribution in [3.05, 3.63) is 89.4 Å². The maximum absolute atomic E-state index is 15.1. The van der Waals surface area contributed by atoms with Crippen molar-refractivity contribution >= 4 is 23.3 Å². The normalized spacial score (nSPS) is 12.4. The molecule has 1 aliphatic heterocycles. The van der Waals surface area contributed by atoms with Crippen LogP contribution in [0.5, 0.6) is 0 Å². The molecule has 4 aromatic rings. The van der Waals surface area contributed by atoms with Gasteiger partial charge in [-0.3, -0.25) is 9.48 Å². The Morgan fingerprint density at radius 3 is 2.50 bits per heavy atom. The third kappa shape index (κ3) is 4.72. The van der Waals surface area contributed by atoms with Gasteiger partial charge in [0.25, 0.3) is 5.91 Å². The number of urea groups is 1. The molecular formula is C29H25FN6O2. The Balaban J connectivity index is 1.40. The van der Waals surface area contributed by atoms with Gasteiger partial charge >= 0.3 is 6.03 Å². The quantitative estimate of drug-likeness (QED) is 0.320. The number of halogens is 1. The van der Waals surface area contributed by atoms with E-state index < -0.39 is 11.8 Å². The summed E-state index contributed by atoms with van der Waals surface area (Å²) in [5, 5.41) is 22.1. The van der Waals surface area contributed by atoms with E-state index in [1.165, 1.54) is 12.1 Å². The average molecular weight is 509 g/mol. The number of hydrogen-bond donors (Lipinski definition) is 3. The minimum absolute atomic E-state index is 0.00395. The minimum atomic E-state index is -0.641. The van der Waals surface area contributed by atoms with Gasteiger partial charge in [0.15, 0.2) is 0 Å². The summed E-state index contributed by atoms with van der Waals surface area (Å²) in [4.78, 5) is 24.9. The first-order valence-corrected chi connectivity index (χ1v) is 12.0. The number of nitriles is 1. The Kier molecular flexibility index (Phi) is 6.17. The zero-order valence-corrected chi connectivity index (χ0v) is 21.1. The lowest BCUT2D eigenvalue weighted by Gasteiger charge is -2.18. The first-order valence-electron chi connectivity index (χ1n) is 12.0. The van der Waals surface area contributed by atoms with Crippen LogP contribution in [0.4, 0.5) is 20.6 Å². The Labute approximate surface area is 219 Å². The maximum Gasteiger partial charge on any atom is 0.323 e. The predicted octanol–water partition coefficient (Wildman–Crippen LogP) is 5.87. The standard InChI is InChI=1S/C29H25FN6O2/c1-29(2,3)36-16-25(26(35-36)19-7-4-6-17(12-19)14-31)34-28(38)33-24-11-10-18(13-23(24)30)20-8-5-9-21-22(20)15-32-27(21)37/h4-13,16H,15H2,1-3H3,(H,32,37)(H2,33,34,38). The summed E-state index contributed by atoms with van der Waals surface area (Å²) in [5.74, 6) is -0.759. The minimum Gasteiger partial charge on any atom is -0.348 e. The van der Waals surface area contributed by atoms with E-state index in [4.69, 9.17) is 0 Å². The predicted molar refractivity (Wildman–Crippen MR) is 143 cm³/mol. The van der Waals surface area contributed by atoms with E-state index in [-0.39, 0.29) is 17.1 Å². The molecule has 0 spiro atoms. The van der Waals surface area contributed by atoms with Crippen LogP contribution in [0.1, 0.15) is 42.3 Å². The summed E-state index contributed by atoms with van der Waals surface area (Å²) in [6, 6.07) is 18.3. The van der Waals surface area contributed by atoms with Crippen LogP contribution >= 0.6 is 0 Å². The molecule has 0 unspecified atom stereocenters. The first-order chi connectivity index (χ1) is 18.1. The fraction of sp³-hybridized carbons (Fsp3) is 0.172. The molecule has 2 heterocycles. The Morgan fingerprint density at radius 2 is 1.76 bits per heavy atom. The van der Waals surface area contributed by atoms with Crippen molar-refractivity contribution in [3.63, 3.8) is 0 Å². The number of fused-ring (bicyclic) bond motifs is 1. The van der Waals surface area contributed by atoms with Crippen LogP contribution in [0, 0.1) is 17.1 Å². The molecule has 3 N–H and O–H groups in total. The third-order valence-corrected chi connectivity index (χ3v) is 6.29. The average Bonchev–Trinajstić information content (AvgIpc) is 3.49. The van der Waals surface area contributed by atoms with Crippen molar-refractivity contribution in [3.8, 4) is 28.5 Å². The van der Waals surface area contributed by atoms with E-state index in [9.17, 15) is 14.9 Å². The second kappa shape index (κ2) is 9.48. The van der Waals surface area contributed by atoms with Gasteiger partial charge in [0.05, 0.1) is 28.5 Å². The molecule has 1 aromatic heterocycles. The summed E-state index contributed by atoms with van der Waals surface area (Å²) in [6.07, 6.45) is 1.71. The van der Waals surface area contributed by atoms with E-state index in [1.807, 2.05) is 26.8 Å². The van der Waals surface area contributed by atoms with Crippen LogP contribution < -0.4 is 16.0 Å². The summed E-state index contributed by atoms with van der Waals surface area (Å²) in [6.45, 7) is 6.31. The number of rotatable bonds is 4. The monoisotopic (exact) mass is 508 g/mol. The highest BCUT2D eigenvalue weighted by Gasteiger charge is 2.23. The van der Waals surface area contributed by atoms with Gasteiger partial charge in [-0.1, -0.05) is 30.3 Å². The summed E-state index contributed by atoms with van der Waals surface area (Å²) in [7, 11) is 0. The zero-order valence-electron chi connectivity index (χ0n) is 21.1. The van der Waals surface area contributed by atoms with E-state index in [0.717, 1.165) is 11.1 Å². The Bertz CT molecular complexity index is 1630.